The number of fused-ring (bicyclic) bond motifs is 1. The van der Waals surface area contributed by atoms with Crippen molar-refractivity contribution in [3.05, 3.63) is 81.7 Å². The second-order valence-electron chi connectivity index (χ2n) is 7.53. The van der Waals surface area contributed by atoms with Gasteiger partial charge in [-0.2, -0.15) is 0 Å². The summed E-state index contributed by atoms with van der Waals surface area (Å²) in [6, 6.07) is 17.0. The zero-order valence-electron chi connectivity index (χ0n) is 15.6. The monoisotopic (exact) mass is 361 g/mol. The van der Waals surface area contributed by atoms with Crippen molar-refractivity contribution in [2.45, 2.75) is 45.2 Å². The molecule has 0 saturated heterocycles. The summed E-state index contributed by atoms with van der Waals surface area (Å²) in [6.45, 7) is 4.85. The summed E-state index contributed by atoms with van der Waals surface area (Å²) in [5, 5.41) is 0.497. The summed E-state index contributed by atoms with van der Waals surface area (Å²) in [5.74, 6) is 0.379. The molecule has 1 fully saturated rings. The summed E-state index contributed by atoms with van der Waals surface area (Å²) in [6.07, 6.45) is 1.99. The van der Waals surface area contributed by atoms with Gasteiger partial charge in [0.1, 0.15) is 5.58 Å². The maximum atomic E-state index is 13.1. The van der Waals surface area contributed by atoms with E-state index in [4.69, 9.17) is 4.42 Å². The van der Waals surface area contributed by atoms with E-state index in [1.165, 1.54) is 11.6 Å². The topological polar surface area (TPSA) is 50.5 Å². The molecule has 4 heteroatoms. The van der Waals surface area contributed by atoms with Gasteiger partial charge in [0.05, 0.1) is 5.39 Å². The number of carbonyl (C=O) groups is 1. The van der Waals surface area contributed by atoms with Gasteiger partial charge < -0.3 is 9.32 Å². The Morgan fingerprint density at radius 1 is 1.11 bits per heavy atom. The number of amides is 1. The Labute approximate surface area is 158 Å². The Morgan fingerprint density at radius 3 is 2.48 bits per heavy atom. The van der Waals surface area contributed by atoms with Gasteiger partial charge in [-0.1, -0.05) is 50.2 Å². The van der Waals surface area contributed by atoms with Gasteiger partial charge in [-0.15, -0.1) is 0 Å². The Kier molecular flexibility index (Phi) is 4.56. The van der Waals surface area contributed by atoms with E-state index in [-0.39, 0.29) is 23.1 Å². The number of benzene rings is 2. The minimum atomic E-state index is -0.215. The highest BCUT2D eigenvalue weighted by atomic mass is 16.3. The van der Waals surface area contributed by atoms with Crippen LogP contribution >= 0.6 is 0 Å². The van der Waals surface area contributed by atoms with Crippen molar-refractivity contribution < 1.29 is 9.21 Å². The first kappa shape index (κ1) is 17.5. The van der Waals surface area contributed by atoms with Gasteiger partial charge >= 0.3 is 0 Å². The summed E-state index contributed by atoms with van der Waals surface area (Å²) in [5.41, 5.74) is 2.63. The van der Waals surface area contributed by atoms with E-state index >= 15 is 0 Å². The van der Waals surface area contributed by atoms with Crippen molar-refractivity contribution in [1.29, 1.82) is 0 Å². The molecule has 1 saturated carbocycles. The molecule has 1 amide bonds. The normalized spacial score (nSPS) is 13.9. The first-order valence-corrected chi connectivity index (χ1v) is 9.45. The minimum absolute atomic E-state index is 0.115. The second-order valence-corrected chi connectivity index (χ2v) is 7.53. The van der Waals surface area contributed by atoms with Crippen molar-refractivity contribution in [3.63, 3.8) is 0 Å². The fraction of sp³-hybridized carbons (Fsp3) is 0.304. The molecule has 1 aliphatic carbocycles. The number of carbonyl (C=O) groups excluding carboxylic acids is 1. The summed E-state index contributed by atoms with van der Waals surface area (Å²) in [4.78, 5) is 27.3. The average molecular weight is 361 g/mol. The van der Waals surface area contributed by atoms with Crippen molar-refractivity contribution in [2.24, 2.45) is 0 Å². The van der Waals surface area contributed by atoms with Crippen LogP contribution in [0.3, 0.4) is 0 Å². The molecule has 0 radical (unpaired) electrons. The van der Waals surface area contributed by atoms with Crippen molar-refractivity contribution >= 4 is 16.9 Å². The fourth-order valence-corrected chi connectivity index (χ4v) is 3.31. The van der Waals surface area contributed by atoms with Crippen LogP contribution in [0.4, 0.5) is 0 Å². The first-order valence-electron chi connectivity index (χ1n) is 9.45. The molecule has 1 aromatic heterocycles. The molecule has 1 heterocycles. The summed E-state index contributed by atoms with van der Waals surface area (Å²) >= 11 is 0. The highest BCUT2D eigenvalue weighted by molar-refractivity contribution is 5.93. The molecule has 0 aliphatic heterocycles. The lowest BCUT2D eigenvalue weighted by molar-refractivity contribution is 0.0698. The molecular formula is C23H23NO3. The summed E-state index contributed by atoms with van der Waals surface area (Å²) in [7, 11) is 0. The smallest absolute Gasteiger partial charge is 0.290 e. The van der Waals surface area contributed by atoms with Gasteiger partial charge in [0, 0.05) is 18.7 Å². The molecule has 0 N–H and O–H groups in total. The number of para-hydroxylation sites is 1. The lowest BCUT2D eigenvalue weighted by atomic mass is 10.0. The molecule has 0 atom stereocenters. The Morgan fingerprint density at radius 2 is 1.81 bits per heavy atom. The zero-order chi connectivity index (χ0) is 19.0. The van der Waals surface area contributed by atoms with E-state index in [1.807, 2.05) is 4.90 Å². The van der Waals surface area contributed by atoms with Crippen LogP contribution in [0.5, 0.6) is 0 Å². The Hall–Kier alpha value is -2.88. The average Bonchev–Trinajstić information content (AvgIpc) is 3.51. The highest BCUT2D eigenvalue weighted by Crippen LogP contribution is 2.30. The molecule has 0 bridgehead atoms. The molecule has 0 spiro atoms. The SMILES string of the molecule is CC(C)c1ccc(CN(C(=O)c2cc(=O)c3ccccc3o2)C2CC2)cc1. The molecule has 138 valence electrons. The van der Waals surface area contributed by atoms with E-state index in [9.17, 15) is 9.59 Å². The quantitative estimate of drug-likeness (QED) is 0.661. The third-order valence-corrected chi connectivity index (χ3v) is 5.09. The third-order valence-electron chi connectivity index (χ3n) is 5.09. The van der Waals surface area contributed by atoms with Crippen LogP contribution in [-0.2, 0) is 6.54 Å². The van der Waals surface area contributed by atoms with Crippen LogP contribution in [0.2, 0.25) is 0 Å². The number of hydrogen-bond acceptors (Lipinski definition) is 3. The largest absolute Gasteiger partial charge is 0.451 e. The molecule has 4 rings (SSSR count). The van der Waals surface area contributed by atoms with Crippen molar-refractivity contribution in [3.8, 4) is 0 Å². The van der Waals surface area contributed by atoms with Gasteiger partial charge in [0.25, 0.3) is 5.91 Å². The van der Waals surface area contributed by atoms with Gasteiger partial charge in [-0.25, -0.2) is 0 Å². The van der Waals surface area contributed by atoms with E-state index in [2.05, 4.69) is 38.1 Å². The van der Waals surface area contributed by atoms with E-state index in [0.717, 1.165) is 18.4 Å². The van der Waals surface area contributed by atoms with E-state index in [0.29, 0.717) is 23.4 Å². The van der Waals surface area contributed by atoms with Crippen LogP contribution in [0.15, 0.2) is 63.8 Å². The van der Waals surface area contributed by atoms with Crippen molar-refractivity contribution in [1.82, 2.24) is 4.90 Å². The predicted octanol–water partition coefficient (Wildman–Crippen LogP) is 4.72. The first-order chi connectivity index (χ1) is 13.0. The third kappa shape index (κ3) is 3.65. The lowest BCUT2D eigenvalue weighted by Gasteiger charge is -2.22. The number of hydrogen-bond donors (Lipinski definition) is 0. The molecule has 1 aliphatic rings. The number of nitrogens with zero attached hydrogens (tertiary/aromatic N) is 1. The van der Waals surface area contributed by atoms with E-state index < -0.39 is 0 Å². The molecular weight excluding hydrogens is 338 g/mol. The molecule has 27 heavy (non-hydrogen) atoms. The molecule has 3 aromatic rings. The highest BCUT2D eigenvalue weighted by Gasteiger charge is 2.34. The lowest BCUT2D eigenvalue weighted by Crippen LogP contribution is -2.33. The van der Waals surface area contributed by atoms with Crippen LogP contribution in [0.25, 0.3) is 11.0 Å². The minimum Gasteiger partial charge on any atom is -0.451 e. The van der Waals surface area contributed by atoms with Crippen LogP contribution in [-0.4, -0.2) is 16.8 Å². The Balaban J connectivity index is 1.62. The Bertz CT molecular complexity index is 1030. The van der Waals surface area contributed by atoms with Gasteiger partial charge in [0.2, 0.25) is 0 Å². The van der Waals surface area contributed by atoms with Gasteiger partial charge in [-0.3, -0.25) is 9.59 Å². The van der Waals surface area contributed by atoms with Crippen LogP contribution < -0.4 is 5.43 Å². The zero-order valence-corrected chi connectivity index (χ0v) is 15.6. The predicted molar refractivity (Wildman–Crippen MR) is 106 cm³/mol. The van der Waals surface area contributed by atoms with Crippen LogP contribution in [0, 0.1) is 0 Å². The van der Waals surface area contributed by atoms with E-state index in [1.54, 1.807) is 24.3 Å². The van der Waals surface area contributed by atoms with Crippen LogP contribution in [0.1, 0.15) is 54.3 Å². The molecule has 4 nitrogen and oxygen atoms in total. The molecule has 0 unspecified atom stereocenters. The van der Waals surface area contributed by atoms with Gasteiger partial charge in [-0.05, 0) is 42.0 Å². The number of rotatable bonds is 5. The van der Waals surface area contributed by atoms with Crippen molar-refractivity contribution in [2.75, 3.05) is 0 Å². The fourth-order valence-electron chi connectivity index (χ4n) is 3.31. The second kappa shape index (κ2) is 7.03. The standard InChI is InChI=1S/C23H23NO3/c1-15(2)17-9-7-16(8-10-17)14-24(18-11-12-18)23(26)22-13-20(25)19-5-3-4-6-21(19)27-22/h3-10,13,15,18H,11-12,14H2,1-2H3. The maximum Gasteiger partial charge on any atom is 0.290 e. The molecule has 2 aromatic carbocycles. The van der Waals surface area contributed by atoms with Gasteiger partial charge in [0.15, 0.2) is 11.2 Å². The maximum absolute atomic E-state index is 13.1. The summed E-state index contributed by atoms with van der Waals surface area (Å²) < 4.78 is 5.76.